The number of carbonyl (C=O) groups is 1. The number of hydrogen-bond donors (Lipinski definition) is 0. The van der Waals surface area contributed by atoms with Crippen LogP contribution in [0.1, 0.15) is 25.8 Å². The lowest BCUT2D eigenvalue weighted by Gasteiger charge is -2.40. The second kappa shape index (κ2) is 8.27. The van der Waals surface area contributed by atoms with Crippen LogP contribution in [0.3, 0.4) is 0 Å². The molecule has 7 nitrogen and oxygen atoms in total. The third kappa shape index (κ3) is 3.45. The number of aliphatic imine (C=N–C) groups is 1. The minimum absolute atomic E-state index is 0.0905. The van der Waals surface area contributed by atoms with Crippen molar-refractivity contribution in [3.63, 3.8) is 0 Å². The zero-order valence-corrected chi connectivity index (χ0v) is 19.0. The quantitative estimate of drug-likeness (QED) is 0.692. The highest BCUT2D eigenvalue weighted by Crippen LogP contribution is 2.46. The Morgan fingerprint density at radius 3 is 2.68 bits per heavy atom. The molecule has 0 N–H and O–H groups in total. The Bertz CT molecular complexity index is 1250. The van der Waals surface area contributed by atoms with Gasteiger partial charge >= 0.3 is 0 Å². The first-order valence-electron chi connectivity index (χ1n) is 11.7. The zero-order chi connectivity index (χ0) is 23.2. The minimum atomic E-state index is -0.400. The summed E-state index contributed by atoms with van der Waals surface area (Å²) in [6.07, 6.45) is 9.03. The summed E-state index contributed by atoms with van der Waals surface area (Å²) in [6.45, 7) is 4.60. The molecule has 4 aliphatic rings. The van der Waals surface area contributed by atoms with E-state index in [-0.39, 0.29) is 17.8 Å². The van der Waals surface area contributed by atoms with Crippen LogP contribution in [0.25, 0.3) is 0 Å². The highest BCUT2D eigenvalue weighted by atomic mass is 19.1. The molecule has 2 atom stereocenters. The lowest BCUT2D eigenvalue weighted by atomic mass is 9.84. The average Bonchev–Trinajstić information content (AvgIpc) is 3.50. The van der Waals surface area contributed by atoms with Gasteiger partial charge in [-0.2, -0.15) is 5.10 Å². The predicted molar refractivity (Wildman–Crippen MR) is 127 cm³/mol. The number of nitrogens with zero attached hydrogens (tertiary/aromatic N) is 5. The van der Waals surface area contributed by atoms with Crippen LogP contribution >= 0.6 is 0 Å². The van der Waals surface area contributed by atoms with Crippen LogP contribution in [0.4, 0.5) is 15.9 Å². The number of rotatable bonds is 3. The van der Waals surface area contributed by atoms with Gasteiger partial charge in [0.2, 0.25) is 5.91 Å². The molecule has 4 heterocycles. The van der Waals surface area contributed by atoms with Gasteiger partial charge in [0.15, 0.2) is 5.82 Å². The fourth-order valence-electron chi connectivity index (χ4n) is 5.54. The van der Waals surface area contributed by atoms with E-state index in [2.05, 4.69) is 10.00 Å². The molecule has 174 valence electrons. The van der Waals surface area contributed by atoms with Crippen LogP contribution in [-0.4, -0.2) is 52.5 Å². The number of carbonyl (C=O) groups excluding carboxylic acids is 1. The van der Waals surface area contributed by atoms with Crippen LogP contribution in [0.5, 0.6) is 0 Å². The maximum Gasteiger partial charge on any atom is 0.234 e. The van der Waals surface area contributed by atoms with E-state index in [1.54, 1.807) is 24.6 Å². The van der Waals surface area contributed by atoms with Gasteiger partial charge in [0.1, 0.15) is 11.7 Å². The fraction of sp³-hybridized carbons (Fsp3) is 0.346. The van der Waals surface area contributed by atoms with E-state index in [0.717, 1.165) is 35.6 Å². The number of fused-ring (bicyclic) bond motifs is 2. The molecular weight excluding hydrogens is 433 g/mol. The summed E-state index contributed by atoms with van der Waals surface area (Å²) in [5.41, 5.74) is 5.35. The molecule has 1 aromatic heterocycles. The molecule has 34 heavy (non-hydrogen) atoms. The van der Waals surface area contributed by atoms with Crippen LogP contribution in [0, 0.1) is 11.7 Å². The van der Waals surface area contributed by atoms with Gasteiger partial charge < -0.3 is 14.5 Å². The molecule has 2 aromatic rings. The van der Waals surface area contributed by atoms with Crippen LogP contribution in [0.2, 0.25) is 0 Å². The second-order valence-corrected chi connectivity index (χ2v) is 9.12. The van der Waals surface area contributed by atoms with Crippen molar-refractivity contribution in [1.82, 2.24) is 14.7 Å². The SMILES string of the molecule is CC1=Nc2ccnn2C(C2=C3C=COC=C3CC2)C1C(=O)N1CCN(c2ccc(F)cc2)CC1. The molecular formula is C26H26FN5O2. The molecule has 0 saturated carbocycles. The van der Waals surface area contributed by atoms with Crippen LogP contribution in [-0.2, 0) is 9.53 Å². The lowest BCUT2D eigenvalue weighted by molar-refractivity contribution is -0.134. The first kappa shape index (κ1) is 20.9. The van der Waals surface area contributed by atoms with Crippen molar-refractivity contribution in [1.29, 1.82) is 0 Å². The number of aromatic nitrogens is 2. The first-order chi connectivity index (χ1) is 16.6. The van der Waals surface area contributed by atoms with E-state index in [9.17, 15) is 9.18 Å². The summed E-state index contributed by atoms with van der Waals surface area (Å²) >= 11 is 0. The predicted octanol–water partition coefficient (Wildman–Crippen LogP) is 4.15. The van der Waals surface area contributed by atoms with Crippen LogP contribution in [0.15, 0.2) is 76.8 Å². The second-order valence-electron chi connectivity index (χ2n) is 9.12. The normalized spacial score (nSPS) is 23.8. The summed E-state index contributed by atoms with van der Waals surface area (Å²) in [5.74, 6) is 0.234. The number of anilines is 1. The van der Waals surface area contributed by atoms with Crippen LogP contribution < -0.4 is 4.90 Å². The van der Waals surface area contributed by atoms with E-state index >= 15 is 0 Å². The van der Waals surface area contributed by atoms with Gasteiger partial charge in [0.25, 0.3) is 0 Å². The number of hydrogen-bond acceptors (Lipinski definition) is 5. The van der Waals surface area contributed by atoms with Crippen molar-refractivity contribution in [3.8, 4) is 0 Å². The molecule has 1 saturated heterocycles. The molecule has 1 aromatic carbocycles. The number of amides is 1. The van der Waals surface area contributed by atoms with E-state index in [1.807, 2.05) is 34.9 Å². The maximum absolute atomic E-state index is 14.0. The third-order valence-corrected chi connectivity index (χ3v) is 7.25. The van der Waals surface area contributed by atoms with Gasteiger partial charge in [-0.15, -0.1) is 0 Å². The van der Waals surface area contributed by atoms with E-state index in [0.29, 0.717) is 26.2 Å². The Balaban J connectivity index is 1.28. The summed E-state index contributed by atoms with van der Waals surface area (Å²) in [7, 11) is 0. The van der Waals surface area contributed by atoms with Gasteiger partial charge in [-0.05, 0) is 66.8 Å². The molecule has 6 rings (SSSR count). The van der Waals surface area contributed by atoms with Crippen molar-refractivity contribution < 1.29 is 13.9 Å². The molecule has 1 amide bonds. The third-order valence-electron chi connectivity index (χ3n) is 7.25. The molecule has 3 aliphatic heterocycles. The summed E-state index contributed by atoms with van der Waals surface area (Å²) < 4.78 is 20.6. The van der Waals surface area contributed by atoms with Crippen molar-refractivity contribution in [3.05, 3.63) is 77.7 Å². The van der Waals surface area contributed by atoms with Gasteiger partial charge in [-0.1, -0.05) is 0 Å². The smallest absolute Gasteiger partial charge is 0.234 e. The Morgan fingerprint density at radius 1 is 1.09 bits per heavy atom. The van der Waals surface area contributed by atoms with E-state index in [1.165, 1.54) is 23.3 Å². The monoisotopic (exact) mass is 459 g/mol. The summed E-state index contributed by atoms with van der Waals surface area (Å²) in [5, 5.41) is 4.58. The molecule has 0 spiro atoms. The molecule has 1 fully saturated rings. The number of ether oxygens (including phenoxy) is 1. The Hall–Kier alpha value is -3.68. The minimum Gasteiger partial charge on any atom is -0.472 e. The van der Waals surface area contributed by atoms with Gasteiger partial charge in [0, 0.05) is 43.6 Å². The fourth-order valence-corrected chi connectivity index (χ4v) is 5.54. The highest BCUT2D eigenvalue weighted by Gasteiger charge is 2.43. The number of benzene rings is 1. The number of halogens is 1. The molecule has 0 bridgehead atoms. The van der Waals surface area contributed by atoms with Gasteiger partial charge in [0.05, 0.1) is 24.8 Å². The molecule has 0 radical (unpaired) electrons. The number of piperazine rings is 1. The summed E-state index contributed by atoms with van der Waals surface area (Å²) in [4.78, 5) is 22.9. The topological polar surface area (TPSA) is 63.0 Å². The Morgan fingerprint density at radius 2 is 1.88 bits per heavy atom. The van der Waals surface area contributed by atoms with Crippen molar-refractivity contribution in [2.24, 2.45) is 10.9 Å². The number of allylic oxidation sites excluding steroid dienone is 4. The lowest BCUT2D eigenvalue weighted by Crippen LogP contribution is -2.53. The van der Waals surface area contributed by atoms with Crippen molar-refractivity contribution >= 4 is 23.1 Å². The maximum atomic E-state index is 14.0. The first-order valence-corrected chi connectivity index (χ1v) is 11.7. The van der Waals surface area contributed by atoms with Gasteiger partial charge in [-0.3, -0.25) is 4.79 Å². The highest BCUT2D eigenvalue weighted by molar-refractivity contribution is 6.05. The largest absolute Gasteiger partial charge is 0.472 e. The Labute approximate surface area is 197 Å². The average molecular weight is 460 g/mol. The van der Waals surface area contributed by atoms with Crippen molar-refractivity contribution in [2.45, 2.75) is 25.8 Å². The van der Waals surface area contributed by atoms with E-state index < -0.39 is 5.92 Å². The Kier molecular flexibility index (Phi) is 5.08. The molecule has 2 unspecified atom stereocenters. The standard InChI is InChI=1S/C26H26FN5O2/c1-17-24(26(33)31-13-11-30(12-14-31)20-5-3-19(27)4-6-20)25(32-23(29-17)8-10-28-32)22-7-2-18-16-34-15-9-21(18)22/h3-6,8-10,15-16,24-25H,2,7,11-14H2,1H3. The van der Waals surface area contributed by atoms with E-state index in [4.69, 9.17) is 9.73 Å². The van der Waals surface area contributed by atoms with Crippen molar-refractivity contribution in [2.75, 3.05) is 31.1 Å². The van der Waals surface area contributed by atoms with Gasteiger partial charge in [-0.25, -0.2) is 14.1 Å². The zero-order valence-electron chi connectivity index (χ0n) is 19.0. The molecule has 8 heteroatoms. The summed E-state index contributed by atoms with van der Waals surface area (Å²) in [6, 6.07) is 8.24. The molecule has 1 aliphatic carbocycles.